The van der Waals surface area contributed by atoms with Gasteiger partial charge in [0.25, 0.3) is 0 Å². The maximum absolute atomic E-state index is 11.7. The summed E-state index contributed by atoms with van der Waals surface area (Å²) in [4.78, 5) is 15.6. The molecule has 0 aliphatic heterocycles. The molecule has 0 aliphatic rings. The number of hydrogen-bond acceptors (Lipinski definition) is 5. The SMILES string of the molecule is CC.CCOC(=O)c1ncoc1-c1ccc(OC)c(C)c1. The van der Waals surface area contributed by atoms with Gasteiger partial charge in [-0.3, -0.25) is 0 Å². The molecule has 0 N–H and O–H groups in total. The van der Waals surface area contributed by atoms with E-state index in [4.69, 9.17) is 13.9 Å². The molecule has 0 spiro atoms. The van der Waals surface area contributed by atoms with Gasteiger partial charge in [-0.25, -0.2) is 9.78 Å². The Balaban J connectivity index is 0.00000106. The van der Waals surface area contributed by atoms with Crippen LogP contribution in [0.5, 0.6) is 5.75 Å². The fraction of sp³-hybridized carbons (Fsp3) is 0.375. The predicted octanol–water partition coefficient (Wildman–Crippen LogP) is 3.86. The van der Waals surface area contributed by atoms with Crippen LogP contribution in [0.1, 0.15) is 36.8 Å². The zero-order chi connectivity index (χ0) is 15.8. The van der Waals surface area contributed by atoms with E-state index in [0.29, 0.717) is 12.4 Å². The zero-order valence-electron chi connectivity index (χ0n) is 13.1. The van der Waals surface area contributed by atoms with Crippen LogP contribution in [-0.2, 0) is 4.74 Å². The molecule has 2 rings (SSSR count). The highest BCUT2D eigenvalue weighted by molar-refractivity contribution is 5.93. The highest BCUT2D eigenvalue weighted by Gasteiger charge is 2.19. The van der Waals surface area contributed by atoms with Gasteiger partial charge in [-0.2, -0.15) is 0 Å². The van der Waals surface area contributed by atoms with Crippen molar-refractivity contribution in [2.45, 2.75) is 27.7 Å². The third-order valence-corrected chi connectivity index (χ3v) is 2.69. The first-order valence-corrected chi connectivity index (χ1v) is 6.93. The van der Waals surface area contributed by atoms with Gasteiger partial charge in [-0.1, -0.05) is 13.8 Å². The number of carbonyl (C=O) groups is 1. The van der Waals surface area contributed by atoms with Gasteiger partial charge in [0.15, 0.2) is 17.8 Å². The number of rotatable bonds is 4. The molecule has 21 heavy (non-hydrogen) atoms. The number of hydrogen-bond donors (Lipinski definition) is 0. The van der Waals surface area contributed by atoms with Crippen molar-refractivity contribution < 1.29 is 18.7 Å². The summed E-state index contributed by atoms with van der Waals surface area (Å²) in [6, 6.07) is 5.51. The zero-order valence-corrected chi connectivity index (χ0v) is 13.1. The minimum atomic E-state index is -0.486. The number of aromatic nitrogens is 1. The fourth-order valence-corrected chi connectivity index (χ4v) is 1.82. The van der Waals surface area contributed by atoms with Gasteiger partial charge in [-0.15, -0.1) is 0 Å². The Morgan fingerprint density at radius 3 is 2.62 bits per heavy atom. The van der Waals surface area contributed by atoms with Crippen LogP contribution in [-0.4, -0.2) is 24.7 Å². The second-order valence-corrected chi connectivity index (χ2v) is 3.93. The standard InChI is InChI=1S/C14H15NO4.C2H6/c1-4-18-14(16)12-13(19-8-15-12)10-5-6-11(17-3)9(2)7-10;1-2/h5-8H,4H2,1-3H3;1-2H3. The smallest absolute Gasteiger partial charge is 0.360 e. The summed E-state index contributed by atoms with van der Waals surface area (Å²) in [6.45, 7) is 7.96. The second kappa shape index (κ2) is 8.09. The fourth-order valence-electron chi connectivity index (χ4n) is 1.82. The summed E-state index contributed by atoms with van der Waals surface area (Å²) in [7, 11) is 1.61. The Kier molecular flexibility index (Phi) is 6.46. The molecule has 0 amide bonds. The maximum Gasteiger partial charge on any atom is 0.360 e. The Morgan fingerprint density at radius 1 is 1.33 bits per heavy atom. The van der Waals surface area contributed by atoms with Crippen LogP contribution in [0.3, 0.4) is 0 Å². The van der Waals surface area contributed by atoms with Crippen molar-refractivity contribution in [1.82, 2.24) is 4.98 Å². The summed E-state index contributed by atoms with van der Waals surface area (Å²) in [6.07, 6.45) is 1.24. The van der Waals surface area contributed by atoms with E-state index in [2.05, 4.69) is 4.98 Å². The molecule has 0 unspecified atom stereocenters. The van der Waals surface area contributed by atoms with Gasteiger partial charge in [0, 0.05) is 5.56 Å². The molecule has 114 valence electrons. The van der Waals surface area contributed by atoms with Gasteiger partial charge in [0.1, 0.15) is 5.75 Å². The van der Waals surface area contributed by atoms with E-state index < -0.39 is 5.97 Å². The number of oxazole rings is 1. The topological polar surface area (TPSA) is 61.6 Å². The number of ether oxygens (including phenoxy) is 2. The Morgan fingerprint density at radius 2 is 2.05 bits per heavy atom. The molecule has 0 atom stereocenters. The van der Waals surface area contributed by atoms with Gasteiger partial charge >= 0.3 is 5.97 Å². The minimum Gasteiger partial charge on any atom is -0.496 e. The van der Waals surface area contributed by atoms with Crippen LogP contribution in [0.2, 0.25) is 0 Å². The molecule has 0 bridgehead atoms. The lowest BCUT2D eigenvalue weighted by atomic mass is 10.1. The molecule has 1 heterocycles. The van der Waals surface area contributed by atoms with Crippen LogP contribution < -0.4 is 4.74 Å². The number of aryl methyl sites for hydroxylation is 1. The lowest BCUT2D eigenvalue weighted by Crippen LogP contribution is -2.06. The Bertz CT molecular complexity index is 590. The van der Waals surface area contributed by atoms with E-state index in [-0.39, 0.29) is 5.69 Å². The van der Waals surface area contributed by atoms with Gasteiger partial charge in [-0.05, 0) is 37.6 Å². The molecular weight excluding hydrogens is 270 g/mol. The monoisotopic (exact) mass is 291 g/mol. The van der Waals surface area contributed by atoms with Crippen molar-refractivity contribution in [1.29, 1.82) is 0 Å². The predicted molar refractivity (Wildman–Crippen MR) is 80.5 cm³/mol. The third kappa shape index (κ3) is 3.84. The maximum atomic E-state index is 11.7. The van der Waals surface area contributed by atoms with E-state index in [1.165, 1.54) is 6.39 Å². The van der Waals surface area contributed by atoms with Crippen molar-refractivity contribution in [3.8, 4) is 17.1 Å². The quantitative estimate of drug-likeness (QED) is 0.800. The van der Waals surface area contributed by atoms with Crippen LogP contribution in [0.4, 0.5) is 0 Å². The minimum absolute atomic E-state index is 0.186. The van der Waals surface area contributed by atoms with E-state index in [9.17, 15) is 4.79 Å². The first-order chi connectivity index (χ1) is 10.2. The molecule has 0 saturated heterocycles. The van der Waals surface area contributed by atoms with E-state index in [0.717, 1.165) is 16.9 Å². The normalized spacial score (nSPS) is 9.57. The van der Waals surface area contributed by atoms with Crippen molar-refractivity contribution in [2.24, 2.45) is 0 Å². The first kappa shape index (κ1) is 16.8. The molecule has 1 aromatic heterocycles. The third-order valence-electron chi connectivity index (χ3n) is 2.69. The molecule has 1 aromatic carbocycles. The molecule has 5 heteroatoms. The first-order valence-electron chi connectivity index (χ1n) is 6.93. The van der Waals surface area contributed by atoms with Crippen molar-refractivity contribution in [3.63, 3.8) is 0 Å². The summed E-state index contributed by atoms with van der Waals surface area (Å²) in [5, 5.41) is 0. The largest absolute Gasteiger partial charge is 0.496 e. The Labute approximate surface area is 124 Å². The summed E-state index contributed by atoms with van der Waals surface area (Å²) in [5.74, 6) is 0.699. The highest BCUT2D eigenvalue weighted by atomic mass is 16.5. The molecule has 5 nitrogen and oxygen atoms in total. The summed E-state index contributed by atoms with van der Waals surface area (Å²) in [5.41, 5.74) is 1.90. The molecule has 2 aromatic rings. The molecule has 0 fully saturated rings. The van der Waals surface area contributed by atoms with Gasteiger partial charge < -0.3 is 13.9 Å². The van der Waals surface area contributed by atoms with Crippen molar-refractivity contribution in [3.05, 3.63) is 35.9 Å². The molecule has 0 saturated carbocycles. The summed E-state index contributed by atoms with van der Waals surface area (Å²) < 4.78 is 15.4. The second-order valence-electron chi connectivity index (χ2n) is 3.93. The lowest BCUT2D eigenvalue weighted by molar-refractivity contribution is 0.0520. The molecule has 0 radical (unpaired) electrons. The number of esters is 1. The van der Waals surface area contributed by atoms with Gasteiger partial charge in [0.05, 0.1) is 13.7 Å². The van der Waals surface area contributed by atoms with E-state index in [1.807, 2.05) is 39.0 Å². The van der Waals surface area contributed by atoms with E-state index >= 15 is 0 Å². The highest BCUT2D eigenvalue weighted by Crippen LogP contribution is 2.28. The number of methoxy groups -OCH3 is 1. The van der Waals surface area contributed by atoms with Gasteiger partial charge in [0.2, 0.25) is 0 Å². The summed E-state index contributed by atoms with van der Waals surface area (Å²) >= 11 is 0. The lowest BCUT2D eigenvalue weighted by Gasteiger charge is -2.06. The number of carbonyl (C=O) groups excluding carboxylic acids is 1. The number of benzene rings is 1. The average Bonchev–Trinajstić information content (AvgIpc) is 2.99. The van der Waals surface area contributed by atoms with Crippen LogP contribution in [0, 0.1) is 6.92 Å². The van der Waals surface area contributed by atoms with Crippen LogP contribution in [0.15, 0.2) is 29.0 Å². The molecule has 0 aliphatic carbocycles. The molecular formula is C16H21NO4. The number of nitrogens with zero attached hydrogens (tertiary/aromatic N) is 1. The van der Waals surface area contributed by atoms with Crippen molar-refractivity contribution >= 4 is 5.97 Å². The van der Waals surface area contributed by atoms with Crippen LogP contribution >= 0.6 is 0 Å². The Hall–Kier alpha value is -2.30. The average molecular weight is 291 g/mol. The van der Waals surface area contributed by atoms with E-state index in [1.54, 1.807) is 14.0 Å². The van der Waals surface area contributed by atoms with Crippen molar-refractivity contribution in [2.75, 3.05) is 13.7 Å². The van der Waals surface area contributed by atoms with Crippen LogP contribution in [0.25, 0.3) is 11.3 Å².